The molecular weight excluding hydrogens is 466 g/mol. The highest BCUT2D eigenvalue weighted by Gasteiger charge is 2.56. The number of nitrogens with one attached hydrogen (secondary N) is 1. The molecule has 0 unspecified atom stereocenters. The summed E-state index contributed by atoms with van der Waals surface area (Å²) in [5.74, 6) is 0.873. The van der Waals surface area contributed by atoms with Gasteiger partial charge in [-0.05, 0) is 54.2 Å². The third-order valence-corrected chi connectivity index (χ3v) is 7.81. The molecule has 1 N–H and O–H groups in total. The number of amides is 4. The number of benzene rings is 1. The van der Waals surface area contributed by atoms with Crippen LogP contribution in [0.25, 0.3) is 0 Å². The monoisotopic (exact) mass is 497 g/mol. The lowest BCUT2D eigenvalue weighted by atomic mass is 9.64. The van der Waals surface area contributed by atoms with Crippen LogP contribution < -0.4 is 19.7 Å². The summed E-state index contributed by atoms with van der Waals surface area (Å²) in [6.45, 7) is 7.29. The Kier molecular flexibility index (Phi) is 5.99. The molecule has 2 aromatic rings. The van der Waals surface area contributed by atoms with Crippen LogP contribution in [0.1, 0.15) is 44.9 Å². The third-order valence-electron chi connectivity index (χ3n) is 6.95. The Morgan fingerprint density at radius 3 is 2.66 bits per heavy atom. The number of ether oxygens (including phenoxy) is 2. The van der Waals surface area contributed by atoms with Gasteiger partial charge >= 0.3 is 6.03 Å². The number of fused-ring (bicyclic) bond motifs is 1. The zero-order valence-electron chi connectivity index (χ0n) is 20.3. The molecular formula is C26H31N3O5S. The van der Waals surface area contributed by atoms with Gasteiger partial charge in [-0.3, -0.25) is 14.5 Å². The maximum absolute atomic E-state index is 13.6. The fourth-order valence-electron chi connectivity index (χ4n) is 5.95. The number of hydrogen-bond donors (Lipinski definition) is 1. The van der Waals surface area contributed by atoms with Crippen LogP contribution in [-0.2, 0) is 16.1 Å². The summed E-state index contributed by atoms with van der Waals surface area (Å²) < 4.78 is 11.3. The van der Waals surface area contributed by atoms with E-state index in [1.165, 1.54) is 0 Å². The van der Waals surface area contributed by atoms with Gasteiger partial charge in [0.15, 0.2) is 11.5 Å². The number of carbonyl (C=O) groups excluding carboxylic acids is 3. The minimum absolute atomic E-state index is 0.0724. The van der Waals surface area contributed by atoms with Crippen molar-refractivity contribution in [2.45, 2.75) is 52.1 Å². The number of hydrogen-bond acceptors (Lipinski definition) is 6. The summed E-state index contributed by atoms with van der Waals surface area (Å²) in [6, 6.07) is 8.76. The van der Waals surface area contributed by atoms with Crippen molar-refractivity contribution >= 4 is 34.9 Å². The van der Waals surface area contributed by atoms with Gasteiger partial charge in [0, 0.05) is 16.6 Å². The summed E-state index contributed by atoms with van der Waals surface area (Å²) in [5.41, 5.74) is -0.382. The van der Waals surface area contributed by atoms with Crippen molar-refractivity contribution in [1.82, 2.24) is 10.2 Å². The number of thiophene rings is 1. The molecule has 5 rings (SSSR count). The van der Waals surface area contributed by atoms with Gasteiger partial charge in [-0.2, -0.15) is 0 Å². The maximum atomic E-state index is 13.6. The Morgan fingerprint density at radius 2 is 1.94 bits per heavy atom. The molecule has 1 saturated heterocycles. The first-order valence-corrected chi connectivity index (χ1v) is 12.9. The van der Waals surface area contributed by atoms with E-state index in [2.05, 4.69) is 26.1 Å². The molecule has 9 heteroatoms. The van der Waals surface area contributed by atoms with E-state index in [-0.39, 0.29) is 23.8 Å². The molecule has 2 aliphatic heterocycles. The normalized spacial score (nSPS) is 25.0. The van der Waals surface area contributed by atoms with E-state index in [1.807, 2.05) is 17.5 Å². The van der Waals surface area contributed by atoms with E-state index in [0.717, 1.165) is 16.2 Å². The molecule has 3 heterocycles. The molecule has 0 radical (unpaired) electrons. The average molecular weight is 498 g/mol. The minimum Gasteiger partial charge on any atom is -0.486 e. The Balaban J connectivity index is 1.40. The first-order valence-electron chi connectivity index (χ1n) is 12.0. The molecule has 186 valence electrons. The predicted octanol–water partition coefficient (Wildman–Crippen LogP) is 4.19. The highest BCUT2D eigenvalue weighted by atomic mass is 32.1. The van der Waals surface area contributed by atoms with Gasteiger partial charge in [0.05, 0.1) is 6.54 Å². The number of rotatable bonds is 5. The first-order chi connectivity index (χ1) is 16.7. The standard InChI is InChI=1S/C26H31N3O5S/c1-17-12-25(2,3)16-26(13-17)23(31)29(24(32)27-26)15-22(30)28(14-19-5-4-10-35-19)18-6-7-20-21(11-18)34-9-8-33-20/h4-7,10-11,17H,8-9,12-16H2,1-3H3,(H,27,32)/t17-,26-/m0/s1. The lowest BCUT2D eigenvalue weighted by Gasteiger charge is -2.43. The fraction of sp³-hybridized carbons (Fsp3) is 0.500. The molecule has 1 saturated carbocycles. The van der Waals surface area contributed by atoms with Crippen LogP contribution in [0.5, 0.6) is 11.5 Å². The molecule has 1 aliphatic carbocycles. The molecule has 2 fully saturated rings. The topological polar surface area (TPSA) is 88.2 Å². The van der Waals surface area contributed by atoms with Crippen molar-refractivity contribution in [3.8, 4) is 11.5 Å². The van der Waals surface area contributed by atoms with Gasteiger partial charge in [0.1, 0.15) is 25.3 Å². The second-order valence-corrected chi connectivity index (χ2v) is 11.7. The maximum Gasteiger partial charge on any atom is 0.325 e. The zero-order chi connectivity index (χ0) is 24.8. The Bertz CT molecular complexity index is 1150. The summed E-state index contributed by atoms with van der Waals surface area (Å²) in [6.07, 6.45) is 2.16. The van der Waals surface area contributed by atoms with E-state index in [9.17, 15) is 14.4 Å². The molecule has 1 spiro atoms. The molecule has 1 aromatic heterocycles. The average Bonchev–Trinajstić information content (AvgIpc) is 3.38. The van der Waals surface area contributed by atoms with Crippen molar-refractivity contribution in [1.29, 1.82) is 0 Å². The molecule has 2 atom stereocenters. The molecule has 8 nitrogen and oxygen atoms in total. The fourth-order valence-corrected chi connectivity index (χ4v) is 6.64. The van der Waals surface area contributed by atoms with E-state index in [1.54, 1.807) is 34.4 Å². The highest BCUT2D eigenvalue weighted by Crippen LogP contribution is 2.46. The van der Waals surface area contributed by atoms with Crippen molar-refractivity contribution < 1.29 is 23.9 Å². The zero-order valence-corrected chi connectivity index (χ0v) is 21.2. The number of carbonyl (C=O) groups is 3. The lowest BCUT2D eigenvalue weighted by molar-refractivity contribution is -0.137. The van der Waals surface area contributed by atoms with Crippen LogP contribution in [-0.4, -0.2) is 48.0 Å². The Labute approximate surface area is 209 Å². The van der Waals surface area contributed by atoms with E-state index in [4.69, 9.17) is 9.47 Å². The highest BCUT2D eigenvalue weighted by molar-refractivity contribution is 7.09. The SMILES string of the molecule is C[C@H]1CC(C)(C)C[C@]2(C1)NC(=O)N(CC(=O)N(Cc1cccs1)c1ccc3c(c1)OCCO3)C2=O. The van der Waals surface area contributed by atoms with Gasteiger partial charge in [0.2, 0.25) is 5.91 Å². The molecule has 0 bridgehead atoms. The van der Waals surface area contributed by atoms with Crippen LogP contribution >= 0.6 is 11.3 Å². The summed E-state index contributed by atoms with van der Waals surface area (Å²) in [5, 5.41) is 4.91. The van der Waals surface area contributed by atoms with Gasteiger partial charge < -0.3 is 19.7 Å². The largest absolute Gasteiger partial charge is 0.486 e. The van der Waals surface area contributed by atoms with E-state index >= 15 is 0 Å². The quantitative estimate of drug-likeness (QED) is 0.626. The van der Waals surface area contributed by atoms with Crippen LogP contribution in [0.4, 0.5) is 10.5 Å². The number of urea groups is 1. The smallest absolute Gasteiger partial charge is 0.325 e. The van der Waals surface area contributed by atoms with E-state index in [0.29, 0.717) is 55.7 Å². The molecule has 1 aromatic carbocycles. The van der Waals surface area contributed by atoms with Gasteiger partial charge in [-0.25, -0.2) is 4.79 Å². The van der Waals surface area contributed by atoms with Crippen molar-refractivity contribution in [2.24, 2.45) is 11.3 Å². The Morgan fingerprint density at radius 1 is 1.17 bits per heavy atom. The number of anilines is 1. The van der Waals surface area contributed by atoms with Crippen LogP contribution in [0.15, 0.2) is 35.7 Å². The van der Waals surface area contributed by atoms with Crippen LogP contribution in [0, 0.1) is 11.3 Å². The van der Waals surface area contributed by atoms with Gasteiger partial charge in [-0.15, -0.1) is 11.3 Å². The third kappa shape index (κ3) is 4.61. The second kappa shape index (κ2) is 8.86. The van der Waals surface area contributed by atoms with Crippen LogP contribution in [0.3, 0.4) is 0 Å². The van der Waals surface area contributed by atoms with Gasteiger partial charge in [0.25, 0.3) is 5.91 Å². The summed E-state index contributed by atoms with van der Waals surface area (Å²) >= 11 is 1.54. The lowest BCUT2D eigenvalue weighted by Crippen LogP contribution is -2.54. The van der Waals surface area contributed by atoms with Crippen molar-refractivity contribution in [2.75, 3.05) is 24.7 Å². The minimum atomic E-state index is -0.936. The molecule has 35 heavy (non-hydrogen) atoms. The first kappa shape index (κ1) is 23.7. The van der Waals surface area contributed by atoms with Crippen molar-refractivity contribution in [3.05, 3.63) is 40.6 Å². The molecule has 4 amide bonds. The van der Waals surface area contributed by atoms with Crippen molar-refractivity contribution in [3.63, 3.8) is 0 Å². The summed E-state index contributed by atoms with van der Waals surface area (Å²) in [7, 11) is 0. The second-order valence-electron chi connectivity index (χ2n) is 10.6. The predicted molar refractivity (Wildman–Crippen MR) is 133 cm³/mol. The van der Waals surface area contributed by atoms with E-state index < -0.39 is 11.6 Å². The number of imide groups is 1. The van der Waals surface area contributed by atoms with Gasteiger partial charge in [-0.1, -0.05) is 26.8 Å². The number of nitrogens with zero attached hydrogens (tertiary/aromatic N) is 2. The molecule has 3 aliphatic rings. The Hall–Kier alpha value is -3.07. The van der Waals surface area contributed by atoms with Crippen LogP contribution in [0.2, 0.25) is 0 Å². The summed E-state index contributed by atoms with van der Waals surface area (Å²) in [4.78, 5) is 43.9.